The number of hydrogen-bond donors (Lipinski definition) is 1. The molecule has 1 aliphatic rings. The molecule has 2 aromatic heterocycles. The molecule has 4 heteroatoms. The van der Waals surface area contributed by atoms with Crippen molar-refractivity contribution >= 4 is 22.7 Å². The molecule has 0 unspecified atom stereocenters. The molecule has 90 valence electrons. The van der Waals surface area contributed by atoms with Gasteiger partial charge in [-0.3, -0.25) is 0 Å². The first-order chi connectivity index (χ1) is 8.05. The molecule has 2 nitrogen and oxygen atoms in total. The number of thiophene rings is 1. The Labute approximate surface area is 109 Å². The molecule has 0 spiro atoms. The average Bonchev–Trinajstić information content (AvgIpc) is 2.82. The summed E-state index contributed by atoms with van der Waals surface area (Å²) in [6, 6.07) is 4.14. The lowest BCUT2D eigenvalue weighted by Gasteiger charge is -2.16. The van der Waals surface area contributed by atoms with Crippen LogP contribution in [-0.2, 0) is 5.60 Å². The Kier molecular flexibility index (Phi) is 2.61. The first-order valence-corrected chi connectivity index (χ1v) is 7.53. The summed E-state index contributed by atoms with van der Waals surface area (Å²) in [6.07, 6.45) is 2.44. The van der Waals surface area contributed by atoms with Crippen LogP contribution < -0.4 is 0 Å². The molecule has 0 bridgehead atoms. The van der Waals surface area contributed by atoms with E-state index in [-0.39, 0.29) is 0 Å². The summed E-state index contributed by atoms with van der Waals surface area (Å²) in [6.45, 7) is 3.70. The Hall–Kier alpha value is -0.710. The van der Waals surface area contributed by atoms with Crippen LogP contribution in [0.25, 0.3) is 9.88 Å². The summed E-state index contributed by atoms with van der Waals surface area (Å²) >= 11 is 3.35. The largest absolute Gasteiger partial charge is 0.385 e. The second kappa shape index (κ2) is 3.90. The summed E-state index contributed by atoms with van der Waals surface area (Å²) in [4.78, 5) is 7.00. The SMILES string of the molecule is CC(C)(O)c1sc(-c2cccs2)nc1C1CC1. The molecule has 1 N–H and O–H groups in total. The third-order valence-electron chi connectivity index (χ3n) is 2.91. The molecule has 0 aliphatic heterocycles. The summed E-state index contributed by atoms with van der Waals surface area (Å²) in [5.74, 6) is 0.585. The number of nitrogens with zero attached hydrogens (tertiary/aromatic N) is 1. The zero-order valence-electron chi connectivity index (χ0n) is 9.93. The minimum Gasteiger partial charge on any atom is -0.385 e. The number of aliphatic hydroxyl groups is 1. The van der Waals surface area contributed by atoms with E-state index in [2.05, 4.69) is 11.4 Å². The minimum atomic E-state index is -0.773. The molecule has 0 amide bonds. The first-order valence-electron chi connectivity index (χ1n) is 5.83. The Morgan fingerprint density at radius 1 is 1.41 bits per heavy atom. The average molecular weight is 265 g/mol. The van der Waals surface area contributed by atoms with Gasteiger partial charge in [-0.2, -0.15) is 0 Å². The fraction of sp³-hybridized carbons (Fsp3) is 0.462. The summed E-state index contributed by atoms with van der Waals surface area (Å²) < 4.78 is 0. The van der Waals surface area contributed by atoms with E-state index in [0.717, 1.165) is 15.6 Å². The van der Waals surface area contributed by atoms with Crippen LogP contribution in [0.3, 0.4) is 0 Å². The quantitative estimate of drug-likeness (QED) is 0.910. The predicted molar refractivity (Wildman–Crippen MR) is 72.6 cm³/mol. The maximum absolute atomic E-state index is 10.2. The van der Waals surface area contributed by atoms with Crippen LogP contribution in [0, 0.1) is 0 Å². The van der Waals surface area contributed by atoms with Crippen molar-refractivity contribution in [2.75, 3.05) is 0 Å². The van der Waals surface area contributed by atoms with Gasteiger partial charge in [-0.1, -0.05) is 6.07 Å². The van der Waals surface area contributed by atoms with Gasteiger partial charge in [0.1, 0.15) is 5.01 Å². The molecule has 3 rings (SSSR count). The third-order valence-corrected chi connectivity index (χ3v) is 5.33. The Morgan fingerprint density at radius 3 is 2.71 bits per heavy atom. The highest BCUT2D eigenvalue weighted by atomic mass is 32.1. The summed E-state index contributed by atoms with van der Waals surface area (Å²) in [5, 5.41) is 13.4. The van der Waals surface area contributed by atoms with Gasteiger partial charge < -0.3 is 5.11 Å². The van der Waals surface area contributed by atoms with Gasteiger partial charge in [0.2, 0.25) is 0 Å². The van der Waals surface area contributed by atoms with Crippen molar-refractivity contribution in [2.45, 2.75) is 38.2 Å². The Bertz CT molecular complexity index is 518. The van der Waals surface area contributed by atoms with E-state index in [9.17, 15) is 5.11 Å². The van der Waals surface area contributed by atoms with Crippen LogP contribution in [0.5, 0.6) is 0 Å². The fourth-order valence-electron chi connectivity index (χ4n) is 1.91. The van der Waals surface area contributed by atoms with Crippen molar-refractivity contribution in [1.29, 1.82) is 0 Å². The van der Waals surface area contributed by atoms with Crippen molar-refractivity contribution in [3.8, 4) is 9.88 Å². The molecule has 0 aromatic carbocycles. The lowest BCUT2D eigenvalue weighted by Crippen LogP contribution is -2.15. The van der Waals surface area contributed by atoms with Crippen molar-refractivity contribution in [3.05, 3.63) is 28.1 Å². The van der Waals surface area contributed by atoms with E-state index in [0.29, 0.717) is 5.92 Å². The smallest absolute Gasteiger partial charge is 0.134 e. The predicted octanol–water partition coefficient (Wildman–Crippen LogP) is 3.98. The maximum atomic E-state index is 10.2. The maximum Gasteiger partial charge on any atom is 0.134 e. The van der Waals surface area contributed by atoms with Crippen molar-refractivity contribution in [1.82, 2.24) is 4.98 Å². The standard InChI is InChI=1S/C13H15NOS2/c1-13(2,15)11-10(8-5-6-8)14-12(17-11)9-4-3-7-16-9/h3-4,7-8,15H,5-6H2,1-2H3. The summed E-state index contributed by atoms with van der Waals surface area (Å²) in [5.41, 5.74) is 0.358. The molecule has 17 heavy (non-hydrogen) atoms. The van der Waals surface area contributed by atoms with Gasteiger partial charge in [0.25, 0.3) is 0 Å². The molecule has 0 radical (unpaired) electrons. The highest BCUT2D eigenvalue weighted by Crippen LogP contribution is 2.47. The van der Waals surface area contributed by atoms with E-state index >= 15 is 0 Å². The molecule has 1 fully saturated rings. The van der Waals surface area contributed by atoms with E-state index in [1.807, 2.05) is 19.9 Å². The normalized spacial score (nSPS) is 16.4. The highest BCUT2D eigenvalue weighted by Gasteiger charge is 2.34. The first kappa shape index (κ1) is 11.4. The lowest BCUT2D eigenvalue weighted by atomic mass is 10.0. The van der Waals surface area contributed by atoms with Crippen LogP contribution in [0.2, 0.25) is 0 Å². The molecular formula is C13H15NOS2. The lowest BCUT2D eigenvalue weighted by molar-refractivity contribution is 0.0813. The van der Waals surface area contributed by atoms with Crippen LogP contribution in [0.4, 0.5) is 0 Å². The van der Waals surface area contributed by atoms with Crippen LogP contribution in [0.15, 0.2) is 17.5 Å². The Balaban J connectivity index is 2.08. The number of aromatic nitrogens is 1. The van der Waals surface area contributed by atoms with Crippen LogP contribution in [-0.4, -0.2) is 10.1 Å². The molecule has 2 heterocycles. The fourth-order valence-corrected chi connectivity index (χ4v) is 3.86. The van der Waals surface area contributed by atoms with Crippen molar-refractivity contribution in [2.24, 2.45) is 0 Å². The van der Waals surface area contributed by atoms with Gasteiger partial charge >= 0.3 is 0 Å². The van der Waals surface area contributed by atoms with E-state index < -0.39 is 5.60 Å². The topological polar surface area (TPSA) is 33.1 Å². The van der Waals surface area contributed by atoms with E-state index in [4.69, 9.17) is 4.98 Å². The van der Waals surface area contributed by atoms with Gasteiger partial charge in [-0.25, -0.2) is 4.98 Å². The van der Waals surface area contributed by atoms with Crippen LogP contribution >= 0.6 is 22.7 Å². The second-order valence-electron chi connectivity index (χ2n) is 5.04. The second-order valence-corrected chi connectivity index (χ2v) is 6.99. The van der Waals surface area contributed by atoms with Crippen molar-refractivity contribution in [3.63, 3.8) is 0 Å². The van der Waals surface area contributed by atoms with Gasteiger partial charge in [0.15, 0.2) is 0 Å². The van der Waals surface area contributed by atoms with E-state index in [1.165, 1.54) is 17.7 Å². The minimum absolute atomic E-state index is 0.585. The Morgan fingerprint density at radius 2 is 2.18 bits per heavy atom. The molecule has 2 aromatic rings. The zero-order valence-corrected chi connectivity index (χ0v) is 11.6. The monoisotopic (exact) mass is 265 g/mol. The van der Waals surface area contributed by atoms with E-state index in [1.54, 1.807) is 22.7 Å². The summed E-state index contributed by atoms with van der Waals surface area (Å²) in [7, 11) is 0. The number of rotatable bonds is 3. The number of hydrogen-bond acceptors (Lipinski definition) is 4. The highest BCUT2D eigenvalue weighted by molar-refractivity contribution is 7.21. The van der Waals surface area contributed by atoms with Crippen molar-refractivity contribution < 1.29 is 5.11 Å². The molecule has 1 saturated carbocycles. The third kappa shape index (κ3) is 2.17. The van der Waals surface area contributed by atoms with Gasteiger partial charge in [-0.05, 0) is 38.1 Å². The van der Waals surface area contributed by atoms with Gasteiger partial charge in [0, 0.05) is 5.92 Å². The number of thiazole rings is 1. The molecule has 1 aliphatic carbocycles. The van der Waals surface area contributed by atoms with Crippen LogP contribution in [0.1, 0.15) is 43.2 Å². The zero-order chi connectivity index (χ0) is 12.0. The van der Waals surface area contributed by atoms with Gasteiger partial charge in [-0.15, -0.1) is 22.7 Å². The molecule has 0 atom stereocenters. The van der Waals surface area contributed by atoms with Gasteiger partial charge in [0.05, 0.1) is 21.0 Å². The molecule has 0 saturated heterocycles. The molecular weight excluding hydrogens is 250 g/mol.